The number of carbonyl (C=O) groups is 1. The summed E-state index contributed by atoms with van der Waals surface area (Å²) >= 11 is 2.97. The number of carbonyl (C=O) groups excluding carboxylic acids is 1. The van der Waals surface area contributed by atoms with Crippen LogP contribution in [0.4, 0.5) is 13.2 Å². The van der Waals surface area contributed by atoms with Crippen molar-refractivity contribution in [2.24, 2.45) is 5.92 Å². The Kier molecular flexibility index (Phi) is 8.41. The van der Waals surface area contributed by atoms with E-state index >= 15 is 0 Å². The van der Waals surface area contributed by atoms with Gasteiger partial charge in [0.2, 0.25) is 0 Å². The fourth-order valence-corrected chi connectivity index (χ4v) is 8.00. The Morgan fingerprint density at radius 2 is 1.55 bits per heavy atom. The Morgan fingerprint density at radius 3 is 2.05 bits per heavy atom. The molecule has 0 aromatic heterocycles. The predicted octanol–water partition coefficient (Wildman–Crippen LogP) is 6.80. The third-order valence-corrected chi connectivity index (χ3v) is 11.6. The third-order valence-electron chi connectivity index (χ3n) is 7.45. The summed E-state index contributed by atoms with van der Waals surface area (Å²) in [5.74, 6) is 0.340. The first-order valence-electron chi connectivity index (χ1n) is 12.4. The molecule has 0 radical (unpaired) electrons. The highest BCUT2D eigenvalue weighted by molar-refractivity contribution is 7.99. The highest BCUT2D eigenvalue weighted by atomic mass is 32.2. The molecule has 0 bridgehead atoms. The van der Waals surface area contributed by atoms with Crippen molar-refractivity contribution in [2.45, 2.75) is 71.2 Å². The maximum Gasteiger partial charge on any atom is 0.416 e. The van der Waals surface area contributed by atoms with Crippen LogP contribution in [0, 0.1) is 5.92 Å². The van der Waals surface area contributed by atoms with Crippen LogP contribution < -0.4 is 4.74 Å². The van der Waals surface area contributed by atoms with Crippen LogP contribution in [0.15, 0.2) is 51.1 Å². The van der Waals surface area contributed by atoms with E-state index in [1.54, 1.807) is 18.7 Å². The van der Waals surface area contributed by atoms with Crippen LogP contribution in [0.1, 0.15) is 55.5 Å². The van der Waals surface area contributed by atoms with E-state index in [9.17, 15) is 26.4 Å². The highest BCUT2D eigenvalue weighted by Gasteiger charge is 2.45. The van der Waals surface area contributed by atoms with E-state index in [1.165, 1.54) is 29.6 Å². The van der Waals surface area contributed by atoms with Crippen LogP contribution in [-0.2, 0) is 16.0 Å². The van der Waals surface area contributed by atoms with Crippen LogP contribution in [0.3, 0.4) is 0 Å². The first-order chi connectivity index (χ1) is 17.8. The zero-order valence-corrected chi connectivity index (χ0v) is 24.2. The number of thioether (sulfide) groups is 2. The Balaban J connectivity index is 1.51. The van der Waals surface area contributed by atoms with Gasteiger partial charge in [0.25, 0.3) is 5.91 Å². The van der Waals surface area contributed by atoms with E-state index in [2.05, 4.69) is 0 Å². The lowest BCUT2D eigenvalue weighted by Crippen LogP contribution is -2.47. The van der Waals surface area contributed by atoms with Crippen LogP contribution in [0.2, 0.25) is 0 Å². The number of sulfone groups is 1. The molecule has 2 aromatic rings. The molecule has 1 saturated heterocycles. The Hall–Kier alpha value is -1.85. The van der Waals surface area contributed by atoms with Gasteiger partial charge in [0.1, 0.15) is 5.75 Å². The van der Waals surface area contributed by atoms with Crippen LogP contribution in [-0.4, -0.2) is 55.7 Å². The number of piperidine rings is 1. The molecule has 1 heterocycles. The van der Waals surface area contributed by atoms with Gasteiger partial charge in [-0.25, -0.2) is 8.42 Å². The molecule has 0 unspecified atom stereocenters. The fraction of sp³-hybridized carbons (Fsp3) is 0.519. The molecule has 2 aromatic carbocycles. The molecule has 38 heavy (non-hydrogen) atoms. The second-order valence-corrected chi connectivity index (χ2v) is 14.4. The average Bonchev–Trinajstić information content (AvgIpc) is 3.71. The molecule has 1 amide bonds. The van der Waals surface area contributed by atoms with Gasteiger partial charge in [0.05, 0.1) is 26.9 Å². The fourth-order valence-electron chi connectivity index (χ4n) is 4.84. The zero-order valence-electron chi connectivity index (χ0n) is 21.8. The summed E-state index contributed by atoms with van der Waals surface area (Å²) in [6.07, 6.45) is 2.41. The number of rotatable bonds is 8. The lowest BCUT2D eigenvalue weighted by atomic mass is 9.85. The van der Waals surface area contributed by atoms with Gasteiger partial charge in [-0.1, -0.05) is 6.07 Å². The van der Waals surface area contributed by atoms with Crippen LogP contribution >= 0.6 is 23.5 Å². The van der Waals surface area contributed by atoms with Gasteiger partial charge in [0, 0.05) is 22.9 Å². The van der Waals surface area contributed by atoms with Crippen molar-refractivity contribution >= 4 is 39.3 Å². The SMILES string of the molecule is CSc1cc(OC2CC2)cc(SC)c1C(=O)N1CCC(C(C)(C)S(=O)(=O)c2cccc(C(F)(F)F)c2)CC1. The first kappa shape index (κ1) is 29.1. The number of hydrogen-bond donors (Lipinski definition) is 0. The Bertz CT molecular complexity index is 1270. The minimum Gasteiger partial charge on any atom is -0.490 e. The topological polar surface area (TPSA) is 63.7 Å². The summed E-state index contributed by atoms with van der Waals surface area (Å²) in [5.41, 5.74) is -0.361. The number of benzene rings is 2. The quantitative estimate of drug-likeness (QED) is 0.317. The Labute approximate surface area is 230 Å². The highest BCUT2D eigenvalue weighted by Crippen LogP contribution is 2.41. The molecule has 208 valence electrons. The molecular formula is C27H32F3NO4S3. The van der Waals surface area contributed by atoms with Gasteiger partial charge in [-0.15, -0.1) is 23.5 Å². The number of nitrogens with zero attached hydrogens (tertiary/aromatic N) is 1. The lowest BCUT2D eigenvalue weighted by Gasteiger charge is -2.40. The normalized spacial score (nSPS) is 17.5. The van der Waals surface area contributed by atoms with E-state index in [4.69, 9.17) is 4.74 Å². The predicted molar refractivity (Wildman–Crippen MR) is 145 cm³/mol. The number of ether oxygens (including phenoxy) is 1. The summed E-state index contributed by atoms with van der Waals surface area (Å²) in [6, 6.07) is 7.74. The molecule has 0 N–H and O–H groups in total. The Morgan fingerprint density at radius 1 is 0.974 bits per heavy atom. The summed E-state index contributed by atoms with van der Waals surface area (Å²) in [7, 11) is -4.07. The van der Waals surface area contributed by atoms with Gasteiger partial charge in [-0.05, 0) is 88.3 Å². The van der Waals surface area contributed by atoms with Gasteiger partial charge in [-0.2, -0.15) is 13.2 Å². The second kappa shape index (κ2) is 11.0. The van der Waals surface area contributed by atoms with E-state index in [0.29, 0.717) is 37.6 Å². The maximum atomic E-state index is 13.6. The monoisotopic (exact) mass is 587 g/mol. The van der Waals surface area contributed by atoms with E-state index in [0.717, 1.165) is 40.5 Å². The van der Waals surface area contributed by atoms with E-state index in [1.807, 2.05) is 24.6 Å². The summed E-state index contributed by atoms with van der Waals surface area (Å²) in [4.78, 5) is 16.7. The van der Waals surface area contributed by atoms with E-state index in [-0.39, 0.29) is 22.8 Å². The maximum absolute atomic E-state index is 13.6. The number of halogens is 3. The summed E-state index contributed by atoms with van der Waals surface area (Å²) < 4.78 is 71.3. The van der Waals surface area contributed by atoms with Crippen molar-refractivity contribution in [3.63, 3.8) is 0 Å². The van der Waals surface area contributed by atoms with E-state index < -0.39 is 26.3 Å². The van der Waals surface area contributed by atoms with Crippen molar-refractivity contribution in [1.82, 2.24) is 4.90 Å². The van der Waals surface area contributed by atoms with Crippen molar-refractivity contribution in [1.29, 1.82) is 0 Å². The number of alkyl halides is 3. The van der Waals surface area contributed by atoms with Gasteiger partial charge >= 0.3 is 6.18 Å². The molecule has 5 nitrogen and oxygen atoms in total. The number of hydrogen-bond acceptors (Lipinski definition) is 6. The zero-order chi connectivity index (χ0) is 27.9. The molecule has 11 heteroatoms. The molecule has 2 fully saturated rings. The smallest absolute Gasteiger partial charge is 0.416 e. The molecule has 0 atom stereocenters. The van der Waals surface area contributed by atoms with Crippen molar-refractivity contribution in [3.05, 3.63) is 47.5 Å². The standard InChI is InChI=1S/C27H32F3NO4S3/c1-26(2,38(33,34)21-7-5-6-18(14-21)27(28,29)30)17-10-12-31(13-11-17)25(32)24-22(36-3)15-20(16-23(24)37-4)35-19-8-9-19/h5-7,14-17,19H,8-13H2,1-4H3. The lowest BCUT2D eigenvalue weighted by molar-refractivity contribution is -0.137. The average molecular weight is 588 g/mol. The molecule has 2 aliphatic rings. The molecule has 1 aliphatic heterocycles. The first-order valence-corrected chi connectivity index (χ1v) is 16.4. The van der Waals surface area contributed by atoms with Crippen molar-refractivity contribution in [3.8, 4) is 5.75 Å². The molecule has 1 aliphatic carbocycles. The molecule has 4 rings (SSSR count). The van der Waals surface area contributed by atoms with Crippen LogP contribution in [0.5, 0.6) is 5.75 Å². The number of likely N-dealkylation sites (tertiary alicyclic amines) is 1. The van der Waals surface area contributed by atoms with Crippen LogP contribution in [0.25, 0.3) is 0 Å². The minimum atomic E-state index is -4.63. The largest absolute Gasteiger partial charge is 0.490 e. The number of amides is 1. The third kappa shape index (κ3) is 5.84. The second-order valence-electron chi connectivity index (χ2n) is 10.2. The van der Waals surface area contributed by atoms with Crippen molar-refractivity contribution in [2.75, 3.05) is 25.6 Å². The minimum absolute atomic E-state index is 0.103. The van der Waals surface area contributed by atoms with Crippen molar-refractivity contribution < 1.29 is 31.1 Å². The molecule has 0 spiro atoms. The summed E-state index contributed by atoms with van der Waals surface area (Å²) in [5, 5.41) is 0. The van der Waals surface area contributed by atoms with Gasteiger partial charge in [0.15, 0.2) is 9.84 Å². The van der Waals surface area contributed by atoms with Gasteiger partial charge in [-0.3, -0.25) is 4.79 Å². The van der Waals surface area contributed by atoms with Gasteiger partial charge < -0.3 is 9.64 Å². The molecular weight excluding hydrogens is 555 g/mol. The molecule has 1 saturated carbocycles. The summed E-state index contributed by atoms with van der Waals surface area (Å²) in [6.45, 7) is 3.88.